The summed E-state index contributed by atoms with van der Waals surface area (Å²) >= 11 is 0. The number of halogens is 4. The lowest BCUT2D eigenvalue weighted by Gasteiger charge is -2.30. The second-order valence-corrected chi connectivity index (χ2v) is 4.84. The van der Waals surface area contributed by atoms with Crippen molar-refractivity contribution in [3.05, 3.63) is 29.6 Å². The van der Waals surface area contributed by atoms with Gasteiger partial charge in [-0.2, -0.15) is 13.2 Å². The van der Waals surface area contributed by atoms with E-state index in [2.05, 4.69) is 0 Å². The minimum Gasteiger partial charge on any atom is -0.358 e. The summed E-state index contributed by atoms with van der Waals surface area (Å²) in [5.74, 6) is -0.687. The van der Waals surface area contributed by atoms with E-state index in [0.29, 0.717) is 5.56 Å². The average Bonchev–Trinajstić information content (AvgIpc) is 2.24. The molecule has 2 nitrogen and oxygen atoms in total. The summed E-state index contributed by atoms with van der Waals surface area (Å²) in [5.41, 5.74) is 6.10. The molecule has 108 valence electrons. The van der Waals surface area contributed by atoms with Gasteiger partial charge in [0.05, 0.1) is 5.69 Å². The van der Waals surface area contributed by atoms with E-state index in [4.69, 9.17) is 5.73 Å². The number of rotatable bonds is 4. The first-order valence-corrected chi connectivity index (χ1v) is 6.00. The van der Waals surface area contributed by atoms with Gasteiger partial charge >= 0.3 is 6.18 Å². The molecular weight excluding hydrogens is 260 g/mol. The fourth-order valence-corrected chi connectivity index (χ4v) is 1.78. The molecular formula is C13H18F4N2. The minimum absolute atomic E-state index is 0.0586. The van der Waals surface area contributed by atoms with E-state index in [9.17, 15) is 17.6 Å². The summed E-state index contributed by atoms with van der Waals surface area (Å²) in [6, 6.07) is 3.26. The largest absolute Gasteiger partial charge is 0.405 e. The summed E-state index contributed by atoms with van der Waals surface area (Å²) in [6.45, 7) is 3.68. The van der Waals surface area contributed by atoms with Gasteiger partial charge in [0.2, 0.25) is 0 Å². The van der Waals surface area contributed by atoms with Gasteiger partial charge in [-0.05, 0) is 38.5 Å². The number of hydrogen-bond acceptors (Lipinski definition) is 2. The lowest BCUT2D eigenvalue weighted by molar-refractivity contribution is -0.120. The molecule has 0 radical (unpaired) electrons. The van der Waals surface area contributed by atoms with Crippen molar-refractivity contribution in [1.29, 1.82) is 0 Å². The van der Waals surface area contributed by atoms with Crippen molar-refractivity contribution in [1.82, 2.24) is 0 Å². The molecule has 0 aliphatic rings. The third kappa shape index (κ3) is 4.38. The molecule has 0 heterocycles. The third-order valence-electron chi connectivity index (χ3n) is 2.78. The van der Waals surface area contributed by atoms with Crippen LogP contribution in [0.3, 0.4) is 0 Å². The number of anilines is 1. The van der Waals surface area contributed by atoms with Gasteiger partial charge in [0.1, 0.15) is 12.4 Å². The van der Waals surface area contributed by atoms with Crippen LogP contribution in [0.25, 0.3) is 0 Å². The van der Waals surface area contributed by atoms with Crippen LogP contribution in [0.2, 0.25) is 0 Å². The number of nitrogens with two attached hydrogens (primary N) is 1. The smallest absolute Gasteiger partial charge is 0.358 e. The van der Waals surface area contributed by atoms with Gasteiger partial charge in [-0.15, -0.1) is 0 Å². The molecule has 1 aromatic carbocycles. The fraction of sp³-hybridized carbons (Fsp3) is 0.538. The first-order valence-electron chi connectivity index (χ1n) is 6.00. The van der Waals surface area contributed by atoms with E-state index < -0.39 is 24.6 Å². The van der Waals surface area contributed by atoms with E-state index in [0.717, 1.165) is 4.90 Å². The quantitative estimate of drug-likeness (QED) is 0.852. The van der Waals surface area contributed by atoms with Crippen LogP contribution in [0, 0.1) is 5.82 Å². The average molecular weight is 278 g/mol. The zero-order valence-corrected chi connectivity index (χ0v) is 11.1. The maximum absolute atomic E-state index is 13.9. The topological polar surface area (TPSA) is 29.3 Å². The molecule has 1 aromatic rings. The SMILES string of the molecule is CC(C)N(CC(F)(F)F)c1ccc([C@H](C)N)cc1F. The predicted molar refractivity (Wildman–Crippen MR) is 67.5 cm³/mol. The maximum atomic E-state index is 13.9. The predicted octanol–water partition coefficient (Wildman–Crippen LogP) is 3.62. The molecule has 1 rings (SSSR count). The molecule has 0 unspecified atom stereocenters. The highest BCUT2D eigenvalue weighted by Crippen LogP contribution is 2.28. The molecule has 0 aliphatic heterocycles. The van der Waals surface area contributed by atoms with Crippen LogP contribution < -0.4 is 10.6 Å². The van der Waals surface area contributed by atoms with Crippen LogP contribution in [0.4, 0.5) is 23.2 Å². The van der Waals surface area contributed by atoms with Gasteiger partial charge in [0.15, 0.2) is 0 Å². The Bertz CT molecular complexity index is 427. The molecule has 6 heteroatoms. The monoisotopic (exact) mass is 278 g/mol. The van der Waals surface area contributed by atoms with Crippen molar-refractivity contribution >= 4 is 5.69 Å². The van der Waals surface area contributed by atoms with Gasteiger partial charge in [-0.1, -0.05) is 6.07 Å². The van der Waals surface area contributed by atoms with E-state index in [-0.39, 0.29) is 11.7 Å². The summed E-state index contributed by atoms with van der Waals surface area (Å²) in [5, 5.41) is 0. The highest BCUT2D eigenvalue weighted by atomic mass is 19.4. The van der Waals surface area contributed by atoms with E-state index in [1.807, 2.05) is 0 Å². The first-order chi connectivity index (χ1) is 8.61. The third-order valence-corrected chi connectivity index (χ3v) is 2.78. The van der Waals surface area contributed by atoms with Crippen LogP contribution in [-0.4, -0.2) is 18.8 Å². The second-order valence-electron chi connectivity index (χ2n) is 4.84. The Balaban J connectivity index is 3.10. The lowest BCUT2D eigenvalue weighted by atomic mass is 10.1. The van der Waals surface area contributed by atoms with Crippen molar-refractivity contribution < 1.29 is 17.6 Å². The number of benzene rings is 1. The summed E-state index contributed by atoms with van der Waals surface area (Å²) in [4.78, 5) is 0.986. The van der Waals surface area contributed by atoms with Crippen molar-refractivity contribution in [2.24, 2.45) is 5.73 Å². The lowest BCUT2D eigenvalue weighted by Crippen LogP contribution is -2.39. The van der Waals surface area contributed by atoms with Crippen LogP contribution >= 0.6 is 0 Å². The Morgan fingerprint density at radius 3 is 2.16 bits per heavy atom. The Labute approximate surface area is 110 Å². The van der Waals surface area contributed by atoms with E-state index >= 15 is 0 Å². The van der Waals surface area contributed by atoms with E-state index in [1.165, 1.54) is 12.1 Å². The van der Waals surface area contributed by atoms with Gasteiger partial charge in [0, 0.05) is 12.1 Å². The summed E-state index contributed by atoms with van der Waals surface area (Å²) in [7, 11) is 0. The Morgan fingerprint density at radius 1 is 1.21 bits per heavy atom. The van der Waals surface area contributed by atoms with Crippen LogP contribution in [0.5, 0.6) is 0 Å². The number of alkyl halides is 3. The Morgan fingerprint density at radius 2 is 1.79 bits per heavy atom. The molecule has 0 saturated carbocycles. The van der Waals surface area contributed by atoms with Crippen molar-refractivity contribution in [2.45, 2.75) is 39.0 Å². The Kier molecular flexibility index (Phi) is 4.79. The second kappa shape index (κ2) is 5.77. The van der Waals surface area contributed by atoms with Gasteiger partial charge in [-0.3, -0.25) is 0 Å². The molecule has 0 spiro atoms. The molecule has 1 atom stereocenters. The van der Waals surface area contributed by atoms with Crippen molar-refractivity contribution in [2.75, 3.05) is 11.4 Å². The Hall–Kier alpha value is -1.30. The van der Waals surface area contributed by atoms with Gasteiger partial charge in [0.25, 0.3) is 0 Å². The standard InChI is InChI=1S/C13H18F4N2/c1-8(2)19(7-13(15,16)17)12-5-4-10(9(3)18)6-11(12)14/h4-6,8-9H,7,18H2,1-3H3/t9-/m0/s1. The van der Waals surface area contributed by atoms with Crippen LogP contribution in [-0.2, 0) is 0 Å². The number of hydrogen-bond donors (Lipinski definition) is 1. The summed E-state index contributed by atoms with van der Waals surface area (Å²) in [6.07, 6.45) is -4.38. The van der Waals surface area contributed by atoms with Crippen molar-refractivity contribution in [3.63, 3.8) is 0 Å². The van der Waals surface area contributed by atoms with E-state index in [1.54, 1.807) is 26.8 Å². The zero-order chi connectivity index (χ0) is 14.8. The fourth-order valence-electron chi connectivity index (χ4n) is 1.78. The van der Waals surface area contributed by atoms with Crippen molar-refractivity contribution in [3.8, 4) is 0 Å². The van der Waals surface area contributed by atoms with Gasteiger partial charge in [-0.25, -0.2) is 4.39 Å². The number of nitrogens with zero attached hydrogens (tertiary/aromatic N) is 1. The van der Waals surface area contributed by atoms with Crippen LogP contribution in [0.15, 0.2) is 18.2 Å². The normalized spacial score (nSPS) is 13.7. The molecule has 0 aromatic heterocycles. The molecule has 19 heavy (non-hydrogen) atoms. The highest BCUT2D eigenvalue weighted by molar-refractivity contribution is 5.50. The first kappa shape index (κ1) is 15.8. The zero-order valence-electron chi connectivity index (χ0n) is 11.1. The molecule has 0 aliphatic carbocycles. The molecule has 0 fully saturated rings. The molecule has 2 N–H and O–H groups in total. The van der Waals surface area contributed by atoms with Crippen LogP contribution in [0.1, 0.15) is 32.4 Å². The van der Waals surface area contributed by atoms with Gasteiger partial charge < -0.3 is 10.6 Å². The maximum Gasteiger partial charge on any atom is 0.405 e. The summed E-state index contributed by atoms with van der Waals surface area (Å²) < 4.78 is 51.5. The molecule has 0 amide bonds. The molecule has 0 bridgehead atoms. The highest BCUT2D eigenvalue weighted by Gasteiger charge is 2.33. The molecule has 0 saturated heterocycles. The minimum atomic E-state index is -4.38.